The quantitative estimate of drug-likeness (QED) is 0.754. The van der Waals surface area contributed by atoms with Gasteiger partial charge in [0.15, 0.2) is 4.77 Å². The zero-order chi connectivity index (χ0) is 13.9. The van der Waals surface area contributed by atoms with Gasteiger partial charge in [-0.25, -0.2) is 0 Å². The molecule has 3 rings (SSSR count). The van der Waals surface area contributed by atoms with Crippen LogP contribution in [0.4, 0.5) is 0 Å². The number of benzene rings is 1. The van der Waals surface area contributed by atoms with Gasteiger partial charge in [0.25, 0.3) is 0 Å². The Morgan fingerprint density at radius 3 is 2.70 bits per heavy atom. The van der Waals surface area contributed by atoms with E-state index in [9.17, 15) is 0 Å². The molecule has 1 N–H and O–H groups in total. The standard InChI is InChI=1S/C17H22N2S/c1-2-13-8-6-7-11-15(13)19-16(12-18-17(19)20)14-9-4-3-5-10-14/h3-5,9-10,12-13,15H,2,6-8,11H2,1H3,(H,18,20). The maximum absolute atomic E-state index is 5.56. The van der Waals surface area contributed by atoms with E-state index in [4.69, 9.17) is 12.2 Å². The Kier molecular flexibility index (Phi) is 4.06. The molecule has 1 saturated carbocycles. The van der Waals surface area contributed by atoms with Crippen LogP contribution >= 0.6 is 12.2 Å². The van der Waals surface area contributed by atoms with E-state index in [1.165, 1.54) is 43.4 Å². The molecule has 2 atom stereocenters. The van der Waals surface area contributed by atoms with Gasteiger partial charge in [-0.05, 0) is 36.5 Å². The van der Waals surface area contributed by atoms with E-state index >= 15 is 0 Å². The van der Waals surface area contributed by atoms with E-state index in [1.54, 1.807) is 0 Å². The molecule has 1 aliphatic rings. The number of imidazole rings is 1. The minimum atomic E-state index is 0.558. The van der Waals surface area contributed by atoms with Crippen molar-refractivity contribution < 1.29 is 0 Å². The third-order valence-electron chi connectivity index (χ3n) is 4.61. The first-order valence-corrected chi connectivity index (χ1v) is 8.07. The Morgan fingerprint density at radius 1 is 1.20 bits per heavy atom. The fourth-order valence-electron chi connectivity index (χ4n) is 3.54. The molecular weight excluding hydrogens is 264 g/mol. The largest absolute Gasteiger partial charge is 0.337 e. The number of nitrogens with zero attached hydrogens (tertiary/aromatic N) is 1. The van der Waals surface area contributed by atoms with E-state index in [1.807, 2.05) is 0 Å². The normalized spacial score (nSPS) is 22.9. The van der Waals surface area contributed by atoms with Crippen molar-refractivity contribution in [3.63, 3.8) is 0 Å². The molecule has 0 bridgehead atoms. The Labute approximate surface area is 125 Å². The third kappa shape index (κ3) is 2.47. The number of nitrogens with one attached hydrogen (secondary N) is 1. The van der Waals surface area contributed by atoms with Crippen molar-refractivity contribution in [1.29, 1.82) is 0 Å². The van der Waals surface area contributed by atoms with E-state index in [0.29, 0.717) is 6.04 Å². The summed E-state index contributed by atoms with van der Waals surface area (Å²) >= 11 is 5.56. The minimum absolute atomic E-state index is 0.558. The molecule has 0 spiro atoms. The van der Waals surface area contributed by atoms with Crippen LogP contribution in [0.5, 0.6) is 0 Å². The number of rotatable bonds is 3. The van der Waals surface area contributed by atoms with Gasteiger partial charge >= 0.3 is 0 Å². The molecule has 0 saturated heterocycles. The predicted octanol–water partition coefficient (Wildman–Crippen LogP) is 5.35. The summed E-state index contributed by atoms with van der Waals surface area (Å²) in [6.45, 7) is 2.31. The predicted molar refractivity (Wildman–Crippen MR) is 86.3 cm³/mol. The smallest absolute Gasteiger partial charge is 0.177 e. The summed E-state index contributed by atoms with van der Waals surface area (Å²) in [5, 5.41) is 0. The molecule has 0 amide bonds. The van der Waals surface area contributed by atoms with Crippen molar-refractivity contribution in [1.82, 2.24) is 9.55 Å². The molecule has 106 valence electrons. The van der Waals surface area contributed by atoms with Crippen molar-refractivity contribution in [3.8, 4) is 11.3 Å². The first-order valence-electron chi connectivity index (χ1n) is 7.66. The van der Waals surface area contributed by atoms with Crippen molar-refractivity contribution in [2.45, 2.75) is 45.1 Å². The number of hydrogen-bond donors (Lipinski definition) is 1. The molecule has 1 aromatic heterocycles. The fourth-order valence-corrected chi connectivity index (χ4v) is 3.84. The lowest BCUT2D eigenvalue weighted by atomic mass is 9.82. The van der Waals surface area contributed by atoms with Gasteiger partial charge in [0, 0.05) is 12.2 Å². The zero-order valence-corrected chi connectivity index (χ0v) is 12.8. The second-order valence-electron chi connectivity index (χ2n) is 5.74. The van der Waals surface area contributed by atoms with E-state index < -0.39 is 0 Å². The third-order valence-corrected chi connectivity index (χ3v) is 4.92. The maximum Gasteiger partial charge on any atom is 0.177 e. The average molecular weight is 286 g/mol. The van der Waals surface area contributed by atoms with Gasteiger partial charge in [-0.2, -0.15) is 0 Å². The lowest BCUT2D eigenvalue weighted by Crippen LogP contribution is -2.23. The van der Waals surface area contributed by atoms with Gasteiger partial charge in [0.1, 0.15) is 0 Å². The summed E-state index contributed by atoms with van der Waals surface area (Å²) in [5.41, 5.74) is 2.49. The van der Waals surface area contributed by atoms with Crippen molar-refractivity contribution in [2.24, 2.45) is 5.92 Å². The minimum Gasteiger partial charge on any atom is -0.337 e. The van der Waals surface area contributed by atoms with Crippen LogP contribution in [0.1, 0.15) is 45.1 Å². The van der Waals surface area contributed by atoms with Crippen LogP contribution < -0.4 is 0 Å². The molecule has 2 nitrogen and oxygen atoms in total. The van der Waals surface area contributed by atoms with Crippen molar-refractivity contribution in [3.05, 3.63) is 41.3 Å². The van der Waals surface area contributed by atoms with Crippen molar-refractivity contribution >= 4 is 12.2 Å². The maximum atomic E-state index is 5.56. The molecule has 1 aliphatic carbocycles. The molecule has 1 heterocycles. The molecule has 20 heavy (non-hydrogen) atoms. The van der Waals surface area contributed by atoms with Gasteiger partial charge in [-0.15, -0.1) is 0 Å². The van der Waals surface area contributed by atoms with Gasteiger partial charge < -0.3 is 9.55 Å². The molecule has 1 aromatic carbocycles. The molecule has 2 unspecified atom stereocenters. The van der Waals surface area contributed by atoms with E-state index in [0.717, 1.165) is 10.7 Å². The first-order chi connectivity index (χ1) is 9.81. The SMILES string of the molecule is CCC1CCCCC1n1c(-c2ccccc2)c[nH]c1=S. The molecule has 1 fully saturated rings. The highest BCUT2D eigenvalue weighted by atomic mass is 32.1. The van der Waals surface area contributed by atoms with Gasteiger partial charge in [0.2, 0.25) is 0 Å². The summed E-state index contributed by atoms with van der Waals surface area (Å²) in [6.07, 6.45) is 8.59. The summed E-state index contributed by atoms with van der Waals surface area (Å²) in [5.74, 6) is 0.758. The zero-order valence-electron chi connectivity index (χ0n) is 12.0. The van der Waals surface area contributed by atoms with Gasteiger partial charge in [-0.3, -0.25) is 0 Å². The number of aromatic amines is 1. The highest BCUT2D eigenvalue weighted by Gasteiger charge is 2.27. The van der Waals surface area contributed by atoms with Crippen LogP contribution in [0.2, 0.25) is 0 Å². The van der Waals surface area contributed by atoms with Crippen LogP contribution in [-0.2, 0) is 0 Å². The van der Waals surface area contributed by atoms with E-state index in [-0.39, 0.29) is 0 Å². The Bertz CT molecular complexity index is 611. The Morgan fingerprint density at radius 2 is 1.95 bits per heavy atom. The van der Waals surface area contributed by atoms with Crippen molar-refractivity contribution in [2.75, 3.05) is 0 Å². The van der Waals surface area contributed by atoms with E-state index in [2.05, 4.69) is 53.0 Å². The highest BCUT2D eigenvalue weighted by molar-refractivity contribution is 7.71. The van der Waals surface area contributed by atoms with Crippen LogP contribution in [0.15, 0.2) is 36.5 Å². The van der Waals surface area contributed by atoms with Gasteiger partial charge in [-0.1, -0.05) is 56.5 Å². The Hall–Kier alpha value is -1.35. The monoisotopic (exact) mass is 286 g/mol. The fraction of sp³-hybridized carbons (Fsp3) is 0.471. The van der Waals surface area contributed by atoms with Crippen LogP contribution in [0.3, 0.4) is 0 Å². The van der Waals surface area contributed by atoms with Crippen LogP contribution in [0, 0.1) is 10.7 Å². The van der Waals surface area contributed by atoms with Gasteiger partial charge in [0.05, 0.1) is 5.69 Å². The second kappa shape index (κ2) is 5.96. The molecule has 3 heteroatoms. The topological polar surface area (TPSA) is 20.7 Å². The van der Waals surface area contributed by atoms with Crippen LogP contribution in [-0.4, -0.2) is 9.55 Å². The molecule has 0 aliphatic heterocycles. The summed E-state index contributed by atoms with van der Waals surface area (Å²) in [7, 11) is 0. The number of aromatic nitrogens is 2. The Balaban J connectivity index is 2.05. The number of H-pyrrole nitrogens is 1. The van der Waals surface area contributed by atoms with Crippen LogP contribution in [0.25, 0.3) is 11.3 Å². The molecule has 2 aromatic rings. The summed E-state index contributed by atoms with van der Waals surface area (Å²) in [4.78, 5) is 3.26. The molecule has 0 radical (unpaired) electrons. The summed E-state index contributed by atoms with van der Waals surface area (Å²) < 4.78 is 3.24. The highest BCUT2D eigenvalue weighted by Crippen LogP contribution is 2.38. The second-order valence-corrected chi connectivity index (χ2v) is 6.12. The lowest BCUT2D eigenvalue weighted by molar-refractivity contribution is 0.232. The molecular formula is C17H22N2S. The number of hydrogen-bond acceptors (Lipinski definition) is 1. The first kappa shape index (κ1) is 13.6. The average Bonchev–Trinajstić information content (AvgIpc) is 2.89. The lowest BCUT2D eigenvalue weighted by Gasteiger charge is -2.33. The summed E-state index contributed by atoms with van der Waals surface area (Å²) in [6, 6.07) is 11.1.